The Morgan fingerprint density at radius 1 is 1.06 bits per heavy atom. The molecule has 51 heavy (non-hydrogen) atoms. The van der Waals surface area contributed by atoms with Crippen molar-refractivity contribution in [1.29, 1.82) is 0 Å². The number of nitrogens with zero attached hydrogens (tertiary/aromatic N) is 3. The maximum atomic E-state index is 12.6. The summed E-state index contributed by atoms with van der Waals surface area (Å²) in [6.07, 6.45) is 7.31. The number of nitrogens with one attached hydrogen (secondary N) is 2. The second-order valence-electron chi connectivity index (χ2n) is 12.6. The number of rotatable bonds is 10. The number of benzene rings is 1. The lowest BCUT2D eigenvalue weighted by molar-refractivity contribution is -0.166. The Hall–Kier alpha value is -5.35. The molecule has 0 spiro atoms. The number of ether oxygens (including phenoxy) is 1. The zero-order valence-electron chi connectivity index (χ0n) is 27.5. The summed E-state index contributed by atoms with van der Waals surface area (Å²) in [5.74, 6) is -2.93. The van der Waals surface area contributed by atoms with Crippen molar-refractivity contribution in [1.82, 2.24) is 19.9 Å². The monoisotopic (exact) mass is 726 g/mol. The number of halogens is 1. The Morgan fingerprint density at radius 3 is 2.25 bits per heavy atom. The van der Waals surface area contributed by atoms with Gasteiger partial charge in [-0.3, -0.25) is 24.0 Å². The van der Waals surface area contributed by atoms with Crippen LogP contribution in [-0.4, -0.2) is 56.1 Å². The van der Waals surface area contributed by atoms with Gasteiger partial charge in [-0.05, 0) is 75.5 Å². The van der Waals surface area contributed by atoms with Gasteiger partial charge in [0.05, 0.1) is 18.2 Å². The van der Waals surface area contributed by atoms with Gasteiger partial charge in [-0.2, -0.15) is 5.10 Å². The second-order valence-corrected chi connectivity index (χ2v) is 12.6. The standard InChI is InChI=1S/C20H15N7O6.C13H23NO2.CH4.ClH/c21-13-14(16(29)15(13)28)25-9-3-1-2-8(4-9)6-23-19(31)11-5-12(20(32)33)27-18(26-11)10(7-24-27)17(22)30;1-3-16-11(15)13-7-4-12(5-8-13,6-9-13)10(2)14;;/h1-5,7,25H,6,21H2,(H2,22,30)(H,23,31)(H,32,33);10H,3-9,14H2,1-2H3;1H4;1H. The maximum absolute atomic E-state index is 12.6. The third-order valence-electron chi connectivity index (χ3n) is 9.76. The van der Waals surface area contributed by atoms with Crippen molar-refractivity contribution in [3.05, 3.63) is 79.5 Å². The Labute approximate surface area is 299 Å². The molecule has 1 unspecified atom stereocenters. The number of anilines is 3. The first-order valence-corrected chi connectivity index (χ1v) is 15.8. The quantitative estimate of drug-likeness (QED) is 0.102. The lowest BCUT2D eigenvalue weighted by Crippen LogP contribution is -2.52. The Bertz CT molecular complexity index is 2010. The first-order valence-electron chi connectivity index (χ1n) is 15.8. The van der Waals surface area contributed by atoms with E-state index in [0.717, 1.165) is 55.3 Å². The summed E-state index contributed by atoms with van der Waals surface area (Å²) < 4.78 is 6.13. The van der Waals surface area contributed by atoms with E-state index in [0.29, 0.717) is 23.3 Å². The highest BCUT2D eigenvalue weighted by Crippen LogP contribution is 2.58. The summed E-state index contributed by atoms with van der Waals surface area (Å²) in [6, 6.07) is 7.89. The molecular weight excluding hydrogens is 684 g/mol. The SMILES string of the molecule is C.CCOC(=O)C12CCC(C(C)N)(CC1)CC2.Cl.NC(=O)c1cnn2c(C(=O)O)cc(C(=O)NCc3cccc(Nc4c(N)c(=O)c4=O)c3)nc12. The molecule has 9 N–H and O–H groups in total. The topological polar surface area (TPSA) is 264 Å². The first-order chi connectivity index (χ1) is 23.2. The van der Waals surface area contributed by atoms with E-state index < -0.39 is 28.6 Å². The molecule has 3 saturated carbocycles. The Morgan fingerprint density at radius 2 is 1.71 bits per heavy atom. The van der Waals surface area contributed by atoms with Crippen LogP contribution < -0.4 is 38.7 Å². The Kier molecular flexibility index (Phi) is 12.3. The van der Waals surface area contributed by atoms with Crippen molar-refractivity contribution in [2.75, 3.05) is 17.7 Å². The fourth-order valence-corrected chi connectivity index (χ4v) is 6.60. The number of carboxylic acids is 1. The number of amides is 2. The van der Waals surface area contributed by atoms with E-state index in [1.807, 2.05) is 6.92 Å². The fourth-order valence-electron chi connectivity index (χ4n) is 6.60. The molecule has 17 heteroatoms. The minimum atomic E-state index is -1.38. The van der Waals surface area contributed by atoms with E-state index in [1.54, 1.807) is 24.3 Å². The molecule has 2 aromatic heterocycles. The number of hydrogen-bond acceptors (Lipinski definition) is 12. The molecule has 16 nitrogen and oxygen atoms in total. The number of carboxylic acid groups (broad SMARTS) is 1. The lowest BCUT2D eigenvalue weighted by Gasteiger charge is -2.53. The van der Waals surface area contributed by atoms with Crippen molar-refractivity contribution in [3.8, 4) is 0 Å². The third-order valence-corrected chi connectivity index (χ3v) is 9.76. The second kappa shape index (κ2) is 15.7. The van der Waals surface area contributed by atoms with Crippen LogP contribution in [0.3, 0.4) is 0 Å². The summed E-state index contributed by atoms with van der Waals surface area (Å²) in [5, 5.41) is 18.6. The zero-order valence-corrected chi connectivity index (χ0v) is 28.3. The molecule has 3 aliphatic rings. The van der Waals surface area contributed by atoms with Crippen LogP contribution in [0.4, 0.5) is 17.1 Å². The van der Waals surface area contributed by atoms with Crippen LogP contribution in [0.15, 0.2) is 46.1 Å². The third kappa shape index (κ3) is 7.71. The van der Waals surface area contributed by atoms with Gasteiger partial charge >= 0.3 is 11.9 Å². The van der Waals surface area contributed by atoms with Crippen LogP contribution in [0.2, 0.25) is 0 Å². The van der Waals surface area contributed by atoms with Gasteiger partial charge in [0.25, 0.3) is 22.7 Å². The van der Waals surface area contributed by atoms with Crippen molar-refractivity contribution in [2.24, 2.45) is 22.3 Å². The van der Waals surface area contributed by atoms with E-state index in [2.05, 4.69) is 27.6 Å². The number of carbonyl (C=O) groups excluding carboxylic acids is 3. The molecule has 2 amide bonds. The molecule has 2 bridgehead atoms. The van der Waals surface area contributed by atoms with Crippen LogP contribution >= 0.6 is 12.4 Å². The van der Waals surface area contributed by atoms with Crippen LogP contribution in [0.5, 0.6) is 0 Å². The highest BCUT2D eigenvalue weighted by Gasteiger charge is 2.54. The number of carbonyl (C=O) groups is 4. The van der Waals surface area contributed by atoms with Gasteiger partial charge in [-0.25, -0.2) is 14.3 Å². The lowest BCUT2D eigenvalue weighted by atomic mass is 9.52. The highest BCUT2D eigenvalue weighted by molar-refractivity contribution is 6.01. The van der Waals surface area contributed by atoms with Crippen LogP contribution in [0.25, 0.3) is 5.65 Å². The zero-order chi connectivity index (χ0) is 35.7. The van der Waals surface area contributed by atoms with Gasteiger partial charge in [0.15, 0.2) is 11.3 Å². The van der Waals surface area contributed by atoms with Gasteiger partial charge < -0.3 is 37.7 Å². The molecule has 2 heterocycles. The van der Waals surface area contributed by atoms with Crippen molar-refractivity contribution in [3.63, 3.8) is 0 Å². The summed E-state index contributed by atoms with van der Waals surface area (Å²) in [4.78, 5) is 74.6. The van der Waals surface area contributed by atoms with E-state index >= 15 is 0 Å². The fraction of sp³-hybridized carbons (Fsp3) is 0.412. The van der Waals surface area contributed by atoms with Gasteiger partial charge in [-0.1, -0.05) is 19.6 Å². The summed E-state index contributed by atoms with van der Waals surface area (Å²) >= 11 is 0. The highest BCUT2D eigenvalue weighted by atomic mass is 35.5. The average molecular weight is 727 g/mol. The predicted molar refractivity (Wildman–Crippen MR) is 192 cm³/mol. The number of aromatic carboxylic acids is 1. The van der Waals surface area contributed by atoms with E-state index in [1.165, 1.54) is 0 Å². The van der Waals surface area contributed by atoms with Crippen LogP contribution in [0.1, 0.15) is 96.7 Å². The normalized spacial score (nSPS) is 19.4. The maximum Gasteiger partial charge on any atom is 0.354 e. The van der Waals surface area contributed by atoms with E-state index in [9.17, 15) is 33.9 Å². The van der Waals surface area contributed by atoms with Crippen LogP contribution in [-0.2, 0) is 16.1 Å². The smallest absolute Gasteiger partial charge is 0.354 e. The molecular formula is C34H43ClN8O8. The van der Waals surface area contributed by atoms with Gasteiger partial charge in [0, 0.05) is 24.3 Å². The number of fused-ring (bicyclic) bond motifs is 4. The molecule has 274 valence electrons. The number of primary amides is 1. The molecule has 2 aromatic carbocycles. The van der Waals surface area contributed by atoms with Gasteiger partial charge in [0.1, 0.15) is 22.6 Å². The van der Waals surface area contributed by atoms with Crippen LogP contribution in [0, 0.1) is 10.8 Å². The molecule has 3 aliphatic carbocycles. The van der Waals surface area contributed by atoms with Gasteiger partial charge in [-0.15, -0.1) is 12.4 Å². The van der Waals surface area contributed by atoms with Crippen molar-refractivity contribution >= 4 is 58.9 Å². The molecule has 0 aliphatic heterocycles. The minimum Gasteiger partial charge on any atom is -0.477 e. The molecule has 3 fully saturated rings. The average Bonchev–Trinajstić information content (AvgIpc) is 3.54. The molecule has 4 aromatic rings. The number of nitrogen functional groups attached to an aromatic ring is 1. The number of nitrogens with two attached hydrogens (primary N) is 3. The van der Waals surface area contributed by atoms with E-state index in [4.69, 9.17) is 21.9 Å². The van der Waals surface area contributed by atoms with Crippen molar-refractivity contribution in [2.45, 2.75) is 72.4 Å². The summed E-state index contributed by atoms with van der Waals surface area (Å²) in [5.41, 5.74) is 15.6. The van der Waals surface area contributed by atoms with E-state index in [-0.39, 0.29) is 77.8 Å². The number of hydrogen-bond donors (Lipinski definition) is 6. The summed E-state index contributed by atoms with van der Waals surface area (Å²) in [6.45, 7) is 4.51. The largest absolute Gasteiger partial charge is 0.477 e. The minimum absolute atomic E-state index is 0. The Balaban J connectivity index is 0.000000329. The number of aromatic nitrogens is 3. The number of esters is 1. The van der Waals surface area contributed by atoms with Crippen molar-refractivity contribution < 1.29 is 29.0 Å². The van der Waals surface area contributed by atoms with Gasteiger partial charge in [0.2, 0.25) is 0 Å². The first kappa shape index (κ1) is 40.1. The predicted octanol–water partition coefficient (Wildman–Crippen LogP) is 2.67. The summed E-state index contributed by atoms with van der Waals surface area (Å²) in [7, 11) is 0. The molecule has 0 saturated heterocycles. The molecule has 1 atom stereocenters. The molecule has 7 rings (SSSR count). The molecule has 0 radical (unpaired) electrons.